The summed E-state index contributed by atoms with van der Waals surface area (Å²) in [4.78, 5) is 30.0. The van der Waals surface area contributed by atoms with Gasteiger partial charge in [-0.05, 0) is 51.9 Å². The monoisotopic (exact) mass is 569 g/mol. The molecule has 0 bridgehead atoms. The van der Waals surface area contributed by atoms with Crippen molar-refractivity contribution in [1.82, 2.24) is 19.8 Å². The molecule has 0 spiro atoms. The Labute approximate surface area is 245 Å². The van der Waals surface area contributed by atoms with Crippen molar-refractivity contribution >= 4 is 28.1 Å². The largest absolute Gasteiger partial charge is 0.475 e. The first-order valence-corrected chi connectivity index (χ1v) is 14.6. The van der Waals surface area contributed by atoms with Crippen molar-refractivity contribution in [1.29, 1.82) is 5.26 Å². The number of nitrogens with zero attached hydrogens (tertiary/aromatic N) is 7. The number of likely N-dealkylation sites (tertiary alicyclic amines) is 1. The van der Waals surface area contributed by atoms with Gasteiger partial charge in [-0.25, -0.2) is 9.37 Å². The van der Waals surface area contributed by atoms with Crippen LogP contribution in [0.5, 0.6) is 5.88 Å². The molecule has 1 aromatic carbocycles. The van der Waals surface area contributed by atoms with E-state index in [1.54, 1.807) is 0 Å². The number of pyridine rings is 2. The number of anilines is 2. The third-order valence-electron chi connectivity index (χ3n) is 8.92. The van der Waals surface area contributed by atoms with E-state index in [0.29, 0.717) is 50.7 Å². The molecule has 0 saturated carbocycles. The van der Waals surface area contributed by atoms with Crippen molar-refractivity contribution in [3.8, 4) is 11.9 Å². The lowest BCUT2D eigenvalue weighted by Gasteiger charge is -2.42. The molecule has 3 aliphatic heterocycles. The van der Waals surface area contributed by atoms with Crippen LogP contribution in [0.4, 0.5) is 15.8 Å². The Kier molecular flexibility index (Phi) is 7.69. The van der Waals surface area contributed by atoms with E-state index in [2.05, 4.69) is 51.5 Å². The molecule has 2 fully saturated rings. The fourth-order valence-electron chi connectivity index (χ4n) is 6.66. The van der Waals surface area contributed by atoms with Crippen molar-refractivity contribution in [3.05, 3.63) is 65.9 Å². The van der Waals surface area contributed by atoms with Gasteiger partial charge in [-0.3, -0.25) is 9.78 Å². The number of hydrogen-bond acceptors (Lipinski definition) is 8. The minimum absolute atomic E-state index is 0.255. The molecule has 6 rings (SSSR count). The van der Waals surface area contributed by atoms with Crippen LogP contribution in [-0.2, 0) is 17.8 Å². The van der Waals surface area contributed by atoms with E-state index in [4.69, 9.17) is 9.72 Å². The number of nitriles is 1. The Balaban J connectivity index is 1.37. The molecule has 1 amide bonds. The summed E-state index contributed by atoms with van der Waals surface area (Å²) >= 11 is 0. The number of carbonyl (C=O) groups excluding carboxylic acids is 1. The van der Waals surface area contributed by atoms with E-state index in [-0.39, 0.29) is 12.1 Å². The Morgan fingerprint density at radius 3 is 2.81 bits per heavy atom. The highest BCUT2D eigenvalue weighted by atomic mass is 19.1. The quantitative estimate of drug-likeness (QED) is 0.411. The Morgan fingerprint density at radius 1 is 1.21 bits per heavy atom. The fraction of sp³-hybridized carbons (Fsp3) is 0.438. The van der Waals surface area contributed by atoms with Gasteiger partial charge in [-0.15, -0.1) is 0 Å². The summed E-state index contributed by atoms with van der Waals surface area (Å²) in [6, 6.07) is 10.7. The number of carbonyl (C=O) groups is 1. The predicted molar refractivity (Wildman–Crippen MR) is 160 cm³/mol. The second-order valence-corrected chi connectivity index (χ2v) is 11.5. The van der Waals surface area contributed by atoms with Gasteiger partial charge in [0.15, 0.2) is 5.83 Å². The zero-order chi connectivity index (χ0) is 29.4. The summed E-state index contributed by atoms with van der Waals surface area (Å²) in [5, 5.41) is 12.7. The van der Waals surface area contributed by atoms with E-state index in [9.17, 15) is 14.4 Å². The SMILES string of the molecule is C=C(F)C(=O)N1CCN(c2c(C#N)c(OCC3CCCN3C)nc3c2CCN(c2cccc4cnccc24)C3)CC1C. The van der Waals surface area contributed by atoms with Crippen LogP contribution in [-0.4, -0.2) is 84.1 Å². The number of amides is 1. The van der Waals surface area contributed by atoms with Crippen molar-refractivity contribution in [2.75, 3.05) is 56.2 Å². The third kappa shape index (κ3) is 5.13. The molecular formula is C32H36FN7O2. The molecule has 2 aromatic heterocycles. The second-order valence-electron chi connectivity index (χ2n) is 11.5. The fourth-order valence-corrected chi connectivity index (χ4v) is 6.66. The molecular weight excluding hydrogens is 533 g/mol. The Bertz CT molecular complexity index is 1570. The standard InChI is InChI=1S/C32H36FN7O2/c1-21-18-39(14-15-40(21)32(41)22(2)33)30-26-10-13-38(29-8-4-6-23-17-35-11-9-25(23)29)19-28(26)36-31(27(30)16-34)42-20-24-7-5-12-37(24)3/h4,6,8-9,11,17,21,24H,2,5,7,10,12-15,18-20H2,1,3H3. The first-order valence-electron chi connectivity index (χ1n) is 14.6. The van der Waals surface area contributed by atoms with Crippen molar-refractivity contribution < 1.29 is 13.9 Å². The molecule has 0 N–H and O–H groups in total. The minimum atomic E-state index is -0.953. The maximum absolute atomic E-state index is 13.7. The molecule has 10 heteroatoms. The summed E-state index contributed by atoms with van der Waals surface area (Å²) in [6.45, 7) is 9.21. The van der Waals surface area contributed by atoms with Crippen molar-refractivity contribution in [2.45, 2.75) is 44.8 Å². The topological polar surface area (TPSA) is 88.8 Å². The summed E-state index contributed by atoms with van der Waals surface area (Å²) < 4.78 is 20.1. The molecule has 3 aromatic rings. The molecule has 5 heterocycles. The van der Waals surface area contributed by atoms with Gasteiger partial charge < -0.3 is 24.3 Å². The van der Waals surface area contributed by atoms with Crippen LogP contribution >= 0.6 is 0 Å². The van der Waals surface area contributed by atoms with Gasteiger partial charge in [0.1, 0.15) is 18.2 Å². The Hall–Kier alpha value is -4.23. The molecule has 2 unspecified atom stereocenters. The van der Waals surface area contributed by atoms with Gasteiger partial charge in [0, 0.05) is 72.7 Å². The minimum Gasteiger partial charge on any atom is -0.475 e. The first-order chi connectivity index (χ1) is 20.4. The molecule has 42 heavy (non-hydrogen) atoms. The predicted octanol–water partition coefficient (Wildman–Crippen LogP) is 4.06. The van der Waals surface area contributed by atoms with Gasteiger partial charge in [-0.2, -0.15) is 5.26 Å². The molecule has 0 aliphatic carbocycles. The van der Waals surface area contributed by atoms with Gasteiger partial charge in [-0.1, -0.05) is 18.7 Å². The van der Waals surface area contributed by atoms with Crippen LogP contribution in [0.15, 0.2) is 49.1 Å². The van der Waals surface area contributed by atoms with Gasteiger partial charge in [0.05, 0.1) is 17.9 Å². The average molecular weight is 570 g/mol. The van der Waals surface area contributed by atoms with Gasteiger partial charge >= 0.3 is 0 Å². The molecule has 218 valence electrons. The lowest BCUT2D eigenvalue weighted by atomic mass is 9.96. The number of fused-ring (bicyclic) bond motifs is 2. The number of piperazine rings is 1. The summed E-state index contributed by atoms with van der Waals surface area (Å²) in [7, 11) is 2.10. The number of benzene rings is 1. The summed E-state index contributed by atoms with van der Waals surface area (Å²) in [6.07, 6.45) is 6.57. The van der Waals surface area contributed by atoms with E-state index in [1.807, 2.05) is 31.5 Å². The normalized spacial score (nSPS) is 20.9. The molecule has 9 nitrogen and oxygen atoms in total. The maximum Gasteiger partial charge on any atom is 0.282 e. The number of ether oxygens (including phenoxy) is 1. The first kappa shape index (κ1) is 27.9. The van der Waals surface area contributed by atoms with Crippen LogP contribution in [0.1, 0.15) is 36.6 Å². The van der Waals surface area contributed by atoms with E-state index in [1.165, 1.54) is 4.90 Å². The highest BCUT2D eigenvalue weighted by molar-refractivity contribution is 5.94. The zero-order valence-electron chi connectivity index (χ0n) is 24.2. The molecule has 2 atom stereocenters. The molecule has 3 aliphatic rings. The van der Waals surface area contributed by atoms with E-state index in [0.717, 1.165) is 59.3 Å². The number of rotatable bonds is 6. The lowest BCUT2D eigenvalue weighted by molar-refractivity contribution is -0.131. The molecule has 0 radical (unpaired) electrons. The highest BCUT2D eigenvalue weighted by Gasteiger charge is 2.35. The van der Waals surface area contributed by atoms with Crippen molar-refractivity contribution in [2.24, 2.45) is 0 Å². The summed E-state index contributed by atoms with van der Waals surface area (Å²) in [5.41, 5.74) is 4.31. The van der Waals surface area contributed by atoms with Crippen LogP contribution in [0.2, 0.25) is 0 Å². The van der Waals surface area contributed by atoms with E-state index < -0.39 is 11.7 Å². The Morgan fingerprint density at radius 2 is 2.07 bits per heavy atom. The van der Waals surface area contributed by atoms with Gasteiger partial charge in [0.25, 0.3) is 5.91 Å². The average Bonchev–Trinajstić information content (AvgIpc) is 3.42. The number of likely N-dealkylation sites (N-methyl/N-ethyl adjacent to an activating group) is 1. The highest BCUT2D eigenvalue weighted by Crippen LogP contribution is 2.39. The molecule has 2 saturated heterocycles. The second kappa shape index (κ2) is 11.6. The smallest absolute Gasteiger partial charge is 0.282 e. The summed E-state index contributed by atoms with van der Waals surface area (Å²) in [5.74, 6) is -1.27. The van der Waals surface area contributed by atoms with Crippen LogP contribution < -0.4 is 14.5 Å². The third-order valence-corrected chi connectivity index (χ3v) is 8.92. The van der Waals surface area contributed by atoms with Crippen LogP contribution in [0, 0.1) is 11.3 Å². The number of aromatic nitrogens is 2. The van der Waals surface area contributed by atoms with E-state index >= 15 is 0 Å². The van der Waals surface area contributed by atoms with Gasteiger partial charge in [0.2, 0.25) is 5.88 Å². The van der Waals surface area contributed by atoms with Crippen molar-refractivity contribution in [3.63, 3.8) is 0 Å². The zero-order valence-corrected chi connectivity index (χ0v) is 24.2. The number of hydrogen-bond donors (Lipinski definition) is 0. The van der Waals surface area contributed by atoms with Crippen LogP contribution in [0.25, 0.3) is 10.8 Å². The maximum atomic E-state index is 13.7. The lowest BCUT2D eigenvalue weighted by Crippen LogP contribution is -2.54. The number of halogens is 1. The van der Waals surface area contributed by atoms with Crippen LogP contribution in [0.3, 0.4) is 0 Å².